The van der Waals surface area contributed by atoms with Crippen LogP contribution in [-0.4, -0.2) is 24.7 Å². The van der Waals surface area contributed by atoms with Gasteiger partial charge in [0.05, 0.1) is 6.10 Å². The molecule has 1 amide bonds. The Balaban J connectivity index is 2.14. The average molecular weight is 276 g/mol. The fraction of sp³-hybridized carbons (Fsp3) is 0.562. The van der Waals surface area contributed by atoms with Crippen molar-refractivity contribution in [3.63, 3.8) is 0 Å². The Morgan fingerprint density at radius 2 is 2.05 bits per heavy atom. The molecular formula is C16H24N2O2. The lowest BCUT2D eigenvalue weighted by atomic mass is 10.1. The molecule has 0 bridgehead atoms. The minimum Gasteiger partial charge on any atom is -0.365 e. The highest BCUT2D eigenvalue weighted by Gasteiger charge is 2.31. The predicted octanol–water partition coefficient (Wildman–Crippen LogP) is 2.46. The number of anilines is 1. The van der Waals surface area contributed by atoms with Crippen molar-refractivity contribution in [2.45, 2.75) is 51.9 Å². The maximum atomic E-state index is 12.6. The Hall–Kier alpha value is -1.39. The molecule has 2 N–H and O–H groups in total. The van der Waals surface area contributed by atoms with Gasteiger partial charge in [0.1, 0.15) is 6.10 Å². The van der Waals surface area contributed by atoms with E-state index >= 15 is 0 Å². The molecule has 20 heavy (non-hydrogen) atoms. The van der Waals surface area contributed by atoms with Crippen LogP contribution in [0.25, 0.3) is 0 Å². The average Bonchev–Trinajstić information content (AvgIpc) is 2.91. The largest absolute Gasteiger partial charge is 0.365 e. The monoisotopic (exact) mass is 276 g/mol. The molecule has 2 unspecified atom stereocenters. The second-order valence-electron chi connectivity index (χ2n) is 5.37. The van der Waals surface area contributed by atoms with Crippen LogP contribution in [0.15, 0.2) is 24.3 Å². The number of hydrogen-bond acceptors (Lipinski definition) is 3. The SMILES string of the molecule is CCCN(C(=O)C1CCC(C)O1)c1ccc(CN)cc1. The summed E-state index contributed by atoms with van der Waals surface area (Å²) in [6, 6.07) is 7.88. The molecule has 0 radical (unpaired) electrons. The number of rotatable bonds is 5. The highest BCUT2D eigenvalue weighted by Crippen LogP contribution is 2.24. The first kappa shape index (κ1) is 15.0. The van der Waals surface area contributed by atoms with Crippen molar-refractivity contribution in [2.75, 3.05) is 11.4 Å². The zero-order valence-electron chi connectivity index (χ0n) is 12.3. The van der Waals surface area contributed by atoms with Gasteiger partial charge in [-0.15, -0.1) is 0 Å². The van der Waals surface area contributed by atoms with E-state index in [1.807, 2.05) is 36.1 Å². The van der Waals surface area contributed by atoms with E-state index < -0.39 is 0 Å². The van der Waals surface area contributed by atoms with Crippen LogP contribution in [0, 0.1) is 0 Å². The zero-order valence-corrected chi connectivity index (χ0v) is 12.3. The third-order valence-corrected chi connectivity index (χ3v) is 3.70. The molecule has 1 saturated heterocycles. The lowest BCUT2D eigenvalue weighted by Crippen LogP contribution is -2.39. The van der Waals surface area contributed by atoms with Gasteiger partial charge in [-0.2, -0.15) is 0 Å². The van der Waals surface area contributed by atoms with Crippen LogP contribution in [0.1, 0.15) is 38.7 Å². The van der Waals surface area contributed by atoms with Gasteiger partial charge in [0.2, 0.25) is 0 Å². The first-order valence-corrected chi connectivity index (χ1v) is 7.41. The van der Waals surface area contributed by atoms with E-state index in [4.69, 9.17) is 10.5 Å². The highest BCUT2D eigenvalue weighted by molar-refractivity contribution is 5.96. The van der Waals surface area contributed by atoms with Gasteiger partial charge < -0.3 is 15.4 Å². The molecule has 4 heteroatoms. The van der Waals surface area contributed by atoms with Gasteiger partial charge in [-0.3, -0.25) is 4.79 Å². The Morgan fingerprint density at radius 1 is 1.35 bits per heavy atom. The van der Waals surface area contributed by atoms with E-state index in [9.17, 15) is 4.79 Å². The first-order valence-electron chi connectivity index (χ1n) is 7.41. The van der Waals surface area contributed by atoms with Gasteiger partial charge in [-0.1, -0.05) is 19.1 Å². The van der Waals surface area contributed by atoms with Crippen molar-refractivity contribution in [2.24, 2.45) is 5.73 Å². The van der Waals surface area contributed by atoms with Crippen LogP contribution in [0.5, 0.6) is 0 Å². The van der Waals surface area contributed by atoms with Crippen molar-refractivity contribution in [1.82, 2.24) is 0 Å². The Morgan fingerprint density at radius 3 is 2.55 bits per heavy atom. The molecule has 1 aliphatic heterocycles. The Kier molecular flexibility index (Phi) is 5.15. The van der Waals surface area contributed by atoms with Crippen LogP contribution in [0.3, 0.4) is 0 Å². The summed E-state index contributed by atoms with van der Waals surface area (Å²) in [4.78, 5) is 14.4. The van der Waals surface area contributed by atoms with Gasteiger partial charge in [-0.05, 0) is 43.9 Å². The van der Waals surface area contributed by atoms with Crippen molar-refractivity contribution in [1.29, 1.82) is 0 Å². The summed E-state index contributed by atoms with van der Waals surface area (Å²) in [7, 11) is 0. The number of carbonyl (C=O) groups is 1. The fourth-order valence-corrected chi connectivity index (χ4v) is 2.56. The van der Waals surface area contributed by atoms with Crippen molar-refractivity contribution >= 4 is 11.6 Å². The van der Waals surface area contributed by atoms with E-state index in [-0.39, 0.29) is 18.1 Å². The van der Waals surface area contributed by atoms with Crippen molar-refractivity contribution in [3.8, 4) is 0 Å². The summed E-state index contributed by atoms with van der Waals surface area (Å²) >= 11 is 0. The summed E-state index contributed by atoms with van der Waals surface area (Å²) in [6.45, 7) is 5.33. The number of amides is 1. The number of ether oxygens (including phenoxy) is 1. The lowest BCUT2D eigenvalue weighted by molar-refractivity contribution is -0.129. The van der Waals surface area contributed by atoms with E-state index in [1.165, 1.54) is 0 Å². The molecule has 1 heterocycles. The van der Waals surface area contributed by atoms with E-state index in [2.05, 4.69) is 6.92 Å². The van der Waals surface area contributed by atoms with E-state index in [0.29, 0.717) is 6.54 Å². The van der Waals surface area contributed by atoms with Gasteiger partial charge in [0.15, 0.2) is 0 Å². The van der Waals surface area contributed by atoms with Crippen LogP contribution >= 0.6 is 0 Å². The quantitative estimate of drug-likeness (QED) is 0.898. The summed E-state index contributed by atoms with van der Waals surface area (Å²) < 4.78 is 5.71. The van der Waals surface area contributed by atoms with Gasteiger partial charge in [0, 0.05) is 18.8 Å². The zero-order chi connectivity index (χ0) is 14.5. The molecule has 1 aromatic carbocycles. The number of carbonyl (C=O) groups excluding carboxylic acids is 1. The molecule has 110 valence electrons. The van der Waals surface area contributed by atoms with E-state index in [0.717, 1.165) is 37.1 Å². The molecule has 4 nitrogen and oxygen atoms in total. The molecule has 0 spiro atoms. The molecule has 0 aromatic heterocycles. The standard InChI is InChI=1S/C16H24N2O2/c1-3-10-18(14-7-5-13(11-17)6-8-14)16(19)15-9-4-12(2)20-15/h5-8,12,15H,3-4,9-11,17H2,1-2H3. The summed E-state index contributed by atoms with van der Waals surface area (Å²) in [6.07, 6.45) is 2.61. The summed E-state index contributed by atoms with van der Waals surface area (Å²) in [5, 5.41) is 0. The lowest BCUT2D eigenvalue weighted by Gasteiger charge is -2.25. The molecule has 0 saturated carbocycles. The highest BCUT2D eigenvalue weighted by atomic mass is 16.5. The number of nitrogens with two attached hydrogens (primary N) is 1. The summed E-state index contributed by atoms with van der Waals surface area (Å²) in [5.41, 5.74) is 7.61. The van der Waals surface area contributed by atoms with Gasteiger partial charge >= 0.3 is 0 Å². The number of nitrogens with zero attached hydrogens (tertiary/aromatic N) is 1. The molecule has 1 aliphatic rings. The van der Waals surface area contributed by atoms with Crippen LogP contribution in [0.2, 0.25) is 0 Å². The van der Waals surface area contributed by atoms with Crippen LogP contribution < -0.4 is 10.6 Å². The smallest absolute Gasteiger partial charge is 0.256 e. The normalized spacial score (nSPS) is 21.9. The maximum absolute atomic E-state index is 12.6. The van der Waals surface area contributed by atoms with Gasteiger partial charge in [-0.25, -0.2) is 0 Å². The van der Waals surface area contributed by atoms with Crippen LogP contribution in [0.4, 0.5) is 5.69 Å². The molecule has 1 fully saturated rings. The van der Waals surface area contributed by atoms with Crippen molar-refractivity contribution in [3.05, 3.63) is 29.8 Å². The number of hydrogen-bond donors (Lipinski definition) is 1. The second kappa shape index (κ2) is 6.86. The second-order valence-corrected chi connectivity index (χ2v) is 5.37. The van der Waals surface area contributed by atoms with Crippen LogP contribution in [-0.2, 0) is 16.1 Å². The molecule has 2 rings (SSSR count). The fourth-order valence-electron chi connectivity index (χ4n) is 2.56. The third-order valence-electron chi connectivity index (χ3n) is 3.70. The third kappa shape index (κ3) is 3.38. The summed E-state index contributed by atoms with van der Waals surface area (Å²) in [5.74, 6) is 0.0803. The molecule has 1 aromatic rings. The minimum atomic E-state index is -0.286. The van der Waals surface area contributed by atoms with Gasteiger partial charge in [0.25, 0.3) is 5.91 Å². The van der Waals surface area contributed by atoms with Crippen molar-refractivity contribution < 1.29 is 9.53 Å². The minimum absolute atomic E-state index is 0.0803. The maximum Gasteiger partial charge on any atom is 0.256 e. The Labute approximate surface area is 120 Å². The Bertz CT molecular complexity index is 444. The predicted molar refractivity (Wildman–Crippen MR) is 80.5 cm³/mol. The molecular weight excluding hydrogens is 252 g/mol. The molecule has 2 atom stereocenters. The molecule has 0 aliphatic carbocycles. The topological polar surface area (TPSA) is 55.6 Å². The first-order chi connectivity index (χ1) is 9.65. The number of benzene rings is 1. The van der Waals surface area contributed by atoms with E-state index in [1.54, 1.807) is 0 Å².